The fraction of sp³-hybridized carbons (Fsp3) is 0.474. The van der Waals surface area contributed by atoms with Crippen LogP contribution >= 0.6 is 0 Å². The van der Waals surface area contributed by atoms with Crippen molar-refractivity contribution in [3.8, 4) is 0 Å². The van der Waals surface area contributed by atoms with E-state index >= 15 is 0 Å². The van der Waals surface area contributed by atoms with Gasteiger partial charge in [-0.1, -0.05) is 26.0 Å². The lowest BCUT2D eigenvalue weighted by Crippen LogP contribution is -2.42. The zero-order valence-corrected chi connectivity index (χ0v) is 16.4. The lowest BCUT2D eigenvalue weighted by Gasteiger charge is -2.21. The number of hydrogen-bond donors (Lipinski definition) is 0. The highest BCUT2D eigenvalue weighted by Gasteiger charge is 2.45. The van der Waals surface area contributed by atoms with Crippen molar-refractivity contribution in [3.05, 3.63) is 29.8 Å². The number of carbonyl (C=O) groups is 4. The van der Waals surface area contributed by atoms with Crippen molar-refractivity contribution in [1.82, 2.24) is 14.7 Å². The molecule has 1 heterocycles. The van der Waals surface area contributed by atoms with Crippen LogP contribution in [0.3, 0.4) is 0 Å². The normalized spacial score (nSPS) is 14.4. The van der Waals surface area contributed by atoms with Gasteiger partial charge in [0, 0.05) is 39.9 Å². The molecule has 0 N–H and O–H groups in total. The lowest BCUT2D eigenvalue weighted by atomic mass is 10.2. The van der Waals surface area contributed by atoms with Crippen molar-refractivity contribution in [3.63, 3.8) is 0 Å². The standard InChI is InChI=1S/C19H26N4O4/c1-13(2)10-22-17(25)18(26)23(19(22)27)12-16(24)21(5)11-14-6-8-15(9-7-14)20(3)4/h6-9,13H,10-12H2,1-5H3. The molecule has 0 saturated carbocycles. The molecule has 5 amide bonds. The van der Waals surface area contributed by atoms with Crippen LogP contribution in [0.15, 0.2) is 24.3 Å². The highest BCUT2D eigenvalue weighted by Crippen LogP contribution is 2.16. The molecule has 0 aromatic heterocycles. The third kappa shape index (κ3) is 4.64. The molecule has 1 aromatic carbocycles. The van der Waals surface area contributed by atoms with E-state index in [1.165, 1.54) is 4.90 Å². The van der Waals surface area contributed by atoms with E-state index in [1.807, 2.05) is 57.1 Å². The van der Waals surface area contributed by atoms with Gasteiger partial charge in [-0.25, -0.2) is 9.69 Å². The minimum atomic E-state index is -0.947. The van der Waals surface area contributed by atoms with Gasteiger partial charge < -0.3 is 9.80 Å². The second kappa shape index (κ2) is 8.20. The van der Waals surface area contributed by atoms with Crippen LogP contribution in [-0.2, 0) is 20.9 Å². The molecule has 0 radical (unpaired) electrons. The van der Waals surface area contributed by atoms with Crippen molar-refractivity contribution in [2.45, 2.75) is 20.4 Å². The average molecular weight is 374 g/mol. The summed E-state index contributed by atoms with van der Waals surface area (Å²) in [5, 5.41) is 0. The Bertz CT molecular complexity index is 743. The SMILES string of the molecule is CC(C)CN1C(=O)C(=O)N(CC(=O)N(C)Cc2ccc(N(C)C)cc2)C1=O. The second-order valence-corrected chi connectivity index (χ2v) is 7.29. The predicted molar refractivity (Wildman–Crippen MR) is 101 cm³/mol. The average Bonchev–Trinajstić information content (AvgIpc) is 2.79. The Kier molecular flexibility index (Phi) is 6.20. The molecular weight excluding hydrogens is 348 g/mol. The van der Waals surface area contributed by atoms with Gasteiger partial charge >= 0.3 is 17.8 Å². The minimum Gasteiger partial charge on any atom is -0.378 e. The van der Waals surface area contributed by atoms with E-state index in [0.29, 0.717) is 6.54 Å². The van der Waals surface area contributed by atoms with Gasteiger partial charge in [0.2, 0.25) is 5.91 Å². The third-order valence-electron chi connectivity index (χ3n) is 4.27. The first-order chi connectivity index (χ1) is 12.6. The monoisotopic (exact) mass is 374 g/mol. The Labute approximate surface area is 159 Å². The number of likely N-dealkylation sites (N-methyl/N-ethyl adjacent to an activating group) is 1. The summed E-state index contributed by atoms with van der Waals surface area (Å²) < 4.78 is 0. The van der Waals surface area contributed by atoms with Crippen LogP contribution in [0.25, 0.3) is 0 Å². The molecule has 8 heteroatoms. The first-order valence-corrected chi connectivity index (χ1v) is 8.79. The maximum Gasteiger partial charge on any atom is 0.334 e. The molecule has 0 unspecified atom stereocenters. The number of carbonyl (C=O) groups excluding carboxylic acids is 4. The third-order valence-corrected chi connectivity index (χ3v) is 4.27. The fourth-order valence-electron chi connectivity index (χ4n) is 2.73. The molecular formula is C19H26N4O4. The molecule has 0 atom stereocenters. The van der Waals surface area contributed by atoms with E-state index in [1.54, 1.807) is 7.05 Å². The zero-order valence-electron chi connectivity index (χ0n) is 16.4. The fourth-order valence-corrected chi connectivity index (χ4v) is 2.73. The Morgan fingerprint density at radius 3 is 2.04 bits per heavy atom. The van der Waals surface area contributed by atoms with E-state index in [0.717, 1.165) is 21.1 Å². The Morgan fingerprint density at radius 1 is 0.963 bits per heavy atom. The van der Waals surface area contributed by atoms with Crippen molar-refractivity contribution in [2.75, 3.05) is 39.1 Å². The Hall–Kier alpha value is -2.90. The molecule has 27 heavy (non-hydrogen) atoms. The number of anilines is 1. The van der Waals surface area contributed by atoms with Crippen LogP contribution in [0.2, 0.25) is 0 Å². The van der Waals surface area contributed by atoms with Gasteiger partial charge in [0.05, 0.1) is 0 Å². The van der Waals surface area contributed by atoms with E-state index < -0.39 is 30.3 Å². The van der Waals surface area contributed by atoms with Crippen LogP contribution in [0.4, 0.5) is 10.5 Å². The summed E-state index contributed by atoms with van der Waals surface area (Å²) in [7, 11) is 5.48. The van der Waals surface area contributed by atoms with Crippen LogP contribution in [0.1, 0.15) is 19.4 Å². The molecule has 0 aliphatic carbocycles. The number of amides is 5. The molecule has 8 nitrogen and oxygen atoms in total. The number of rotatable bonds is 7. The predicted octanol–water partition coefficient (Wildman–Crippen LogP) is 1.16. The van der Waals surface area contributed by atoms with Gasteiger partial charge in [-0.2, -0.15) is 0 Å². The number of urea groups is 1. The Balaban J connectivity index is 2.00. The molecule has 0 spiro atoms. The summed E-state index contributed by atoms with van der Waals surface area (Å²) in [5.74, 6) is -2.19. The first kappa shape index (κ1) is 20.4. The van der Waals surface area contributed by atoms with Gasteiger partial charge in [-0.05, 0) is 23.6 Å². The second-order valence-electron chi connectivity index (χ2n) is 7.29. The highest BCUT2D eigenvalue weighted by atomic mass is 16.2. The summed E-state index contributed by atoms with van der Waals surface area (Å²) in [4.78, 5) is 53.8. The summed E-state index contributed by atoms with van der Waals surface area (Å²) in [5.41, 5.74) is 1.97. The van der Waals surface area contributed by atoms with Gasteiger partial charge in [0.1, 0.15) is 6.54 Å². The Morgan fingerprint density at radius 2 is 1.52 bits per heavy atom. The first-order valence-electron chi connectivity index (χ1n) is 8.79. The largest absolute Gasteiger partial charge is 0.378 e. The molecule has 1 fully saturated rings. The van der Waals surface area contributed by atoms with E-state index in [9.17, 15) is 19.2 Å². The number of nitrogens with zero attached hydrogens (tertiary/aromatic N) is 4. The van der Waals surface area contributed by atoms with Crippen LogP contribution < -0.4 is 4.90 Å². The molecule has 146 valence electrons. The van der Waals surface area contributed by atoms with Gasteiger partial charge in [-0.15, -0.1) is 0 Å². The summed E-state index contributed by atoms with van der Waals surface area (Å²) >= 11 is 0. The topological polar surface area (TPSA) is 81.2 Å². The quantitative estimate of drug-likeness (QED) is 0.528. The number of imide groups is 2. The number of benzene rings is 1. The molecule has 0 bridgehead atoms. The maximum atomic E-state index is 12.4. The van der Waals surface area contributed by atoms with Gasteiger partial charge in [-0.3, -0.25) is 19.3 Å². The van der Waals surface area contributed by atoms with Crippen LogP contribution in [-0.4, -0.2) is 72.7 Å². The van der Waals surface area contributed by atoms with Crippen molar-refractivity contribution in [1.29, 1.82) is 0 Å². The van der Waals surface area contributed by atoms with E-state index in [2.05, 4.69) is 0 Å². The highest BCUT2D eigenvalue weighted by molar-refractivity contribution is 6.45. The van der Waals surface area contributed by atoms with E-state index in [-0.39, 0.29) is 12.5 Å². The molecule has 1 saturated heterocycles. The molecule has 2 rings (SSSR count). The minimum absolute atomic E-state index is 0.0363. The van der Waals surface area contributed by atoms with Crippen molar-refractivity contribution >= 4 is 29.4 Å². The zero-order chi connectivity index (χ0) is 20.3. The summed E-state index contributed by atoms with van der Waals surface area (Å²) in [6.07, 6.45) is 0. The maximum absolute atomic E-state index is 12.4. The molecule has 1 aromatic rings. The van der Waals surface area contributed by atoms with Gasteiger partial charge in [0.15, 0.2) is 0 Å². The van der Waals surface area contributed by atoms with Crippen molar-refractivity contribution in [2.24, 2.45) is 5.92 Å². The summed E-state index contributed by atoms with van der Waals surface area (Å²) in [6, 6.07) is 7.00. The van der Waals surface area contributed by atoms with Crippen LogP contribution in [0.5, 0.6) is 0 Å². The lowest BCUT2D eigenvalue weighted by molar-refractivity contribution is -0.144. The number of hydrogen-bond acceptors (Lipinski definition) is 5. The van der Waals surface area contributed by atoms with Gasteiger partial charge in [0.25, 0.3) is 0 Å². The van der Waals surface area contributed by atoms with E-state index in [4.69, 9.17) is 0 Å². The summed E-state index contributed by atoms with van der Waals surface area (Å²) in [6.45, 7) is 3.74. The van der Waals surface area contributed by atoms with Crippen molar-refractivity contribution < 1.29 is 19.2 Å². The molecule has 1 aliphatic rings. The smallest absolute Gasteiger partial charge is 0.334 e. The van der Waals surface area contributed by atoms with Crippen LogP contribution in [0, 0.1) is 5.92 Å². The molecule has 1 aliphatic heterocycles.